The third-order valence-corrected chi connectivity index (χ3v) is 4.00. The van der Waals surface area contributed by atoms with Gasteiger partial charge in [0.15, 0.2) is 0 Å². The molecule has 0 aromatic heterocycles. The molecule has 0 spiro atoms. The van der Waals surface area contributed by atoms with Crippen molar-refractivity contribution in [2.45, 2.75) is 45.6 Å². The minimum Gasteiger partial charge on any atom is -0.312 e. The molecule has 1 N–H and O–H groups in total. The van der Waals surface area contributed by atoms with Gasteiger partial charge in [-0.15, -0.1) is 11.8 Å². The summed E-state index contributed by atoms with van der Waals surface area (Å²) in [5, 5.41) is 3.19. The normalized spacial score (nSPS) is 11.6. The fourth-order valence-electron chi connectivity index (χ4n) is 1.75. The van der Waals surface area contributed by atoms with Gasteiger partial charge >= 0.3 is 0 Å². The molecule has 0 radical (unpaired) electrons. The molecule has 1 aromatic rings. The Balaban J connectivity index is 2.61. The Bertz CT molecular complexity index is 396. The SMILES string of the molecule is CC(C)CCSc1c(F)cc(CNCC(C)C)cc1F. The second-order valence-corrected chi connectivity index (χ2v) is 7.05. The van der Waals surface area contributed by atoms with E-state index in [4.69, 9.17) is 0 Å². The van der Waals surface area contributed by atoms with Crippen molar-refractivity contribution < 1.29 is 8.78 Å². The first-order valence-corrected chi connectivity index (χ1v) is 8.20. The Labute approximate surface area is 125 Å². The largest absolute Gasteiger partial charge is 0.312 e. The number of hydrogen-bond donors (Lipinski definition) is 1. The van der Waals surface area contributed by atoms with Crippen LogP contribution in [-0.2, 0) is 6.54 Å². The summed E-state index contributed by atoms with van der Waals surface area (Å²) in [6, 6.07) is 2.88. The van der Waals surface area contributed by atoms with E-state index in [0.717, 1.165) is 18.7 Å². The molecule has 114 valence electrons. The minimum atomic E-state index is -0.444. The van der Waals surface area contributed by atoms with Gasteiger partial charge in [0, 0.05) is 6.54 Å². The maximum absolute atomic E-state index is 13.9. The maximum Gasteiger partial charge on any atom is 0.140 e. The molecule has 0 saturated carbocycles. The number of halogens is 2. The standard InChI is InChI=1S/C16H25F2NS/c1-11(2)5-6-20-16-14(17)7-13(8-15(16)18)10-19-9-12(3)4/h7-8,11-12,19H,5-6,9-10H2,1-4H3. The molecule has 0 fully saturated rings. The van der Waals surface area contributed by atoms with Gasteiger partial charge in [-0.2, -0.15) is 0 Å². The van der Waals surface area contributed by atoms with Gasteiger partial charge in [0.1, 0.15) is 11.6 Å². The van der Waals surface area contributed by atoms with Crippen LogP contribution in [0.2, 0.25) is 0 Å². The number of nitrogens with one attached hydrogen (secondary N) is 1. The monoisotopic (exact) mass is 301 g/mol. The quantitative estimate of drug-likeness (QED) is 0.689. The number of rotatable bonds is 8. The molecule has 0 aliphatic heterocycles. The summed E-state index contributed by atoms with van der Waals surface area (Å²) >= 11 is 1.27. The molecule has 0 aliphatic rings. The lowest BCUT2D eigenvalue weighted by Gasteiger charge is -2.11. The van der Waals surface area contributed by atoms with Gasteiger partial charge in [-0.3, -0.25) is 0 Å². The van der Waals surface area contributed by atoms with Crippen molar-refractivity contribution in [3.05, 3.63) is 29.3 Å². The Morgan fingerprint density at radius 3 is 2.15 bits per heavy atom. The molecule has 0 aliphatic carbocycles. The van der Waals surface area contributed by atoms with Crippen molar-refractivity contribution in [2.24, 2.45) is 11.8 Å². The van der Waals surface area contributed by atoms with Crippen LogP contribution >= 0.6 is 11.8 Å². The summed E-state index contributed by atoms with van der Waals surface area (Å²) in [4.78, 5) is 0.151. The van der Waals surface area contributed by atoms with E-state index in [-0.39, 0.29) is 4.90 Å². The highest BCUT2D eigenvalue weighted by Crippen LogP contribution is 2.27. The first-order chi connectivity index (χ1) is 9.40. The average Bonchev–Trinajstić information content (AvgIpc) is 2.32. The van der Waals surface area contributed by atoms with Gasteiger partial charge in [0.05, 0.1) is 4.90 Å². The van der Waals surface area contributed by atoms with Crippen molar-refractivity contribution in [3.63, 3.8) is 0 Å². The molecule has 1 aromatic carbocycles. The third-order valence-electron chi connectivity index (χ3n) is 2.88. The van der Waals surface area contributed by atoms with Crippen LogP contribution in [0.15, 0.2) is 17.0 Å². The van der Waals surface area contributed by atoms with Gasteiger partial charge in [0.25, 0.3) is 0 Å². The fraction of sp³-hybridized carbons (Fsp3) is 0.625. The third kappa shape index (κ3) is 6.23. The van der Waals surface area contributed by atoms with Crippen molar-refractivity contribution in [1.29, 1.82) is 0 Å². The Morgan fingerprint density at radius 2 is 1.65 bits per heavy atom. The van der Waals surface area contributed by atoms with Crippen molar-refractivity contribution in [3.8, 4) is 0 Å². The summed E-state index contributed by atoms with van der Waals surface area (Å²) in [7, 11) is 0. The van der Waals surface area contributed by atoms with E-state index in [9.17, 15) is 8.78 Å². The molecule has 0 atom stereocenters. The zero-order valence-corrected chi connectivity index (χ0v) is 13.6. The van der Waals surface area contributed by atoms with Gasteiger partial charge in [-0.25, -0.2) is 8.78 Å². The molecule has 20 heavy (non-hydrogen) atoms. The van der Waals surface area contributed by atoms with Crippen LogP contribution in [0.1, 0.15) is 39.7 Å². The van der Waals surface area contributed by atoms with E-state index in [1.165, 1.54) is 23.9 Å². The zero-order valence-electron chi connectivity index (χ0n) is 12.8. The first kappa shape index (κ1) is 17.4. The van der Waals surface area contributed by atoms with Crippen LogP contribution in [0.5, 0.6) is 0 Å². The fourth-order valence-corrected chi connectivity index (χ4v) is 2.94. The molecule has 1 nitrogen and oxygen atoms in total. The van der Waals surface area contributed by atoms with Gasteiger partial charge in [-0.1, -0.05) is 27.7 Å². The molecule has 0 amide bonds. The van der Waals surface area contributed by atoms with E-state index in [1.807, 2.05) is 0 Å². The predicted molar refractivity (Wildman–Crippen MR) is 83.1 cm³/mol. The van der Waals surface area contributed by atoms with Gasteiger partial charge in [0.2, 0.25) is 0 Å². The highest BCUT2D eigenvalue weighted by molar-refractivity contribution is 7.99. The van der Waals surface area contributed by atoms with E-state index in [0.29, 0.717) is 23.9 Å². The molecule has 1 rings (SSSR count). The van der Waals surface area contributed by atoms with Crippen molar-refractivity contribution in [2.75, 3.05) is 12.3 Å². The summed E-state index contributed by atoms with van der Waals surface area (Å²) in [5.74, 6) is 0.931. The van der Waals surface area contributed by atoms with Crippen molar-refractivity contribution in [1.82, 2.24) is 5.32 Å². The summed E-state index contributed by atoms with van der Waals surface area (Å²) in [5.41, 5.74) is 0.661. The molecule has 0 bridgehead atoms. The van der Waals surface area contributed by atoms with Crippen LogP contribution in [-0.4, -0.2) is 12.3 Å². The molecular weight excluding hydrogens is 276 g/mol. The second-order valence-electron chi connectivity index (χ2n) is 5.94. The molecule has 0 heterocycles. The summed E-state index contributed by atoms with van der Waals surface area (Å²) in [6.07, 6.45) is 0.960. The van der Waals surface area contributed by atoms with Gasteiger partial charge < -0.3 is 5.32 Å². The van der Waals surface area contributed by atoms with E-state index in [2.05, 4.69) is 33.0 Å². The van der Waals surface area contributed by atoms with Crippen molar-refractivity contribution >= 4 is 11.8 Å². The van der Waals surface area contributed by atoms with Crippen LogP contribution in [0, 0.1) is 23.5 Å². The van der Waals surface area contributed by atoms with Crippen LogP contribution in [0.25, 0.3) is 0 Å². The highest BCUT2D eigenvalue weighted by atomic mass is 32.2. The first-order valence-electron chi connectivity index (χ1n) is 7.21. The Hall–Kier alpha value is -0.610. The predicted octanol–water partition coefficient (Wildman–Crippen LogP) is 4.85. The van der Waals surface area contributed by atoms with Crippen LogP contribution < -0.4 is 5.32 Å². The second kappa shape index (κ2) is 8.63. The number of benzene rings is 1. The molecule has 0 saturated heterocycles. The highest BCUT2D eigenvalue weighted by Gasteiger charge is 2.12. The van der Waals surface area contributed by atoms with Gasteiger partial charge in [-0.05, 0) is 48.3 Å². The minimum absolute atomic E-state index is 0.151. The topological polar surface area (TPSA) is 12.0 Å². The average molecular weight is 301 g/mol. The lowest BCUT2D eigenvalue weighted by molar-refractivity contribution is 0.525. The summed E-state index contributed by atoms with van der Waals surface area (Å²) in [6.45, 7) is 9.76. The van der Waals surface area contributed by atoms with E-state index < -0.39 is 11.6 Å². The van der Waals surface area contributed by atoms with E-state index in [1.54, 1.807) is 0 Å². The lowest BCUT2D eigenvalue weighted by Crippen LogP contribution is -2.19. The molecular formula is C16H25F2NS. The number of thioether (sulfide) groups is 1. The molecule has 4 heteroatoms. The van der Waals surface area contributed by atoms with E-state index >= 15 is 0 Å². The maximum atomic E-state index is 13.9. The lowest BCUT2D eigenvalue weighted by atomic mass is 10.2. The number of hydrogen-bond acceptors (Lipinski definition) is 2. The Morgan fingerprint density at radius 1 is 1.05 bits per heavy atom. The van der Waals surface area contributed by atoms with Crippen LogP contribution in [0.3, 0.4) is 0 Å². The van der Waals surface area contributed by atoms with Crippen LogP contribution in [0.4, 0.5) is 8.78 Å². The smallest absolute Gasteiger partial charge is 0.140 e. The summed E-state index contributed by atoms with van der Waals surface area (Å²) < 4.78 is 27.9. The zero-order chi connectivity index (χ0) is 15.1. The Kier molecular flexibility index (Phi) is 7.52. The molecule has 0 unspecified atom stereocenters.